The van der Waals surface area contributed by atoms with Gasteiger partial charge in [-0.05, 0) is 32.4 Å². The number of ether oxygens (including phenoxy) is 2. The van der Waals surface area contributed by atoms with Gasteiger partial charge in [0, 0.05) is 11.7 Å². The molecule has 0 aliphatic rings. The molecule has 0 heterocycles. The minimum absolute atomic E-state index is 0.0231. The molecule has 0 saturated heterocycles. The molecule has 0 aliphatic carbocycles. The van der Waals surface area contributed by atoms with E-state index >= 15 is 0 Å². The summed E-state index contributed by atoms with van der Waals surface area (Å²) < 4.78 is 10.2. The Labute approximate surface area is 124 Å². The van der Waals surface area contributed by atoms with Crippen molar-refractivity contribution >= 4 is 17.6 Å². The number of hydrogen-bond acceptors (Lipinski definition) is 5. The summed E-state index contributed by atoms with van der Waals surface area (Å²) in [7, 11) is 1.44. The van der Waals surface area contributed by atoms with Crippen molar-refractivity contribution in [3.8, 4) is 5.75 Å². The highest BCUT2D eigenvalue weighted by Crippen LogP contribution is 2.25. The second-order valence-electron chi connectivity index (χ2n) is 4.79. The summed E-state index contributed by atoms with van der Waals surface area (Å²) in [5, 5.41) is 2.75. The number of methoxy groups -OCH3 is 1. The Kier molecular flexibility index (Phi) is 6.02. The molecule has 0 spiro atoms. The van der Waals surface area contributed by atoms with Crippen molar-refractivity contribution in [2.75, 3.05) is 12.8 Å². The Morgan fingerprint density at radius 1 is 1.33 bits per heavy atom. The molecule has 0 fully saturated rings. The maximum Gasteiger partial charge on any atom is 0.344 e. The molecule has 0 bridgehead atoms. The van der Waals surface area contributed by atoms with Gasteiger partial charge >= 0.3 is 5.97 Å². The number of carbonyl (C=O) groups excluding carboxylic acids is 2. The average Bonchev–Trinajstić information content (AvgIpc) is 2.46. The Morgan fingerprint density at radius 2 is 2.00 bits per heavy atom. The zero-order valence-electron chi connectivity index (χ0n) is 12.8. The molecule has 0 aromatic heterocycles. The smallest absolute Gasteiger partial charge is 0.344 e. The molecule has 6 nitrogen and oxygen atoms in total. The highest BCUT2D eigenvalue weighted by molar-refractivity contribution is 5.99. The molecule has 6 heteroatoms. The number of amides is 1. The molecule has 1 rings (SSSR count). The fourth-order valence-corrected chi connectivity index (χ4v) is 1.67. The van der Waals surface area contributed by atoms with Crippen molar-refractivity contribution in [2.24, 2.45) is 0 Å². The van der Waals surface area contributed by atoms with Gasteiger partial charge < -0.3 is 20.5 Å². The van der Waals surface area contributed by atoms with Crippen LogP contribution in [0.2, 0.25) is 0 Å². The van der Waals surface area contributed by atoms with Crippen molar-refractivity contribution < 1.29 is 19.1 Å². The molecule has 0 aliphatic heterocycles. The second-order valence-corrected chi connectivity index (χ2v) is 4.79. The van der Waals surface area contributed by atoms with Gasteiger partial charge in [-0.2, -0.15) is 0 Å². The van der Waals surface area contributed by atoms with Gasteiger partial charge in [0.25, 0.3) is 5.91 Å². The normalized spacial score (nSPS) is 13.1. The number of hydrogen-bond donors (Lipinski definition) is 2. The first-order chi connectivity index (χ1) is 9.90. The van der Waals surface area contributed by atoms with Crippen LogP contribution < -0.4 is 15.8 Å². The summed E-state index contributed by atoms with van der Waals surface area (Å²) in [5.41, 5.74) is 6.14. The van der Waals surface area contributed by atoms with Crippen LogP contribution in [-0.2, 0) is 9.53 Å². The van der Waals surface area contributed by atoms with Crippen LogP contribution in [0.3, 0.4) is 0 Å². The lowest BCUT2D eigenvalue weighted by Gasteiger charge is -2.18. The van der Waals surface area contributed by atoms with E-state index < -0.39 is 12.1 Å². The number of carbonyl (C=O) groups is 2. The third-order valence-corrected chi connectivity index (χ3v) is 3.14. The average molecular weight is 294 g/mol. The van der Waals surface area contributed by atoms with Gasteiger partial charge in [0.15, 0.2) is 6.10 Å². The summed E-state index contributed by atoms with van der Waals surface area (Å²) in [5.74, 6) is -0.711. The van der Waals surface area contributed by atoms with Gasteiger partial charge in [-0.15, -0.1) is 0 Å². The van der Waals surface area contributed by atoms with Crippen molar-refractivity contribution in [3.63, 3.8) is 0 Å². The third-order valence-electron chi connectivity index (χ3n) is 3.14. The minimum Gasteiger partial charge on any atom is -0.496 e. The van der Waals surface area contributed by atoms with Crippen LogP contribution in [-0.4, -0.2) is 31.1 Å². The SMILES string of the molecule is CCC(C)NC(=O)C(C)OC(=O)c1c(N)cccc1OC. The Bertz CT molecular complexity index is 516. The Hall–Kier alpha value is -2.24. The van der Waals surface area contributed by atoms with Crippen molar-refractivity contribution in [3.05, 3.63) is 23.8 Å². The van der Waals surface area contributed by atoms with E-state index in [2.05, 4.69) is 5.32 Å². The second kappa shape index (κ2) is 7.52. The van der Waals surface area contributed by atoms with Gasteiger partial charge in [0.1, 0.15) is 11.3 Å². The van der Waals surface area contributed by atoms with Gasteiger partial charge in [-0.3, -0.25) is 4.79 Å². The number of nitrogen functional groups attached to an aromatic ring is 1. The molecular weight excluding hydrogens is 272 g/mol. The minimum atomic E-state index is -0.907. The van der Waals surface area contributed by atoms with Crippen molar-refractivity contribution in [1.29, 1.82) is 0 Å². The molecule has 21 heavy (non-hydrogen) atoms. The fraction of sp³-hybridized carbons (Fsp3) is 0.467. The number of esters is 1. The molecule has 2 unspecified atom stereocenters. The number of nitrogens with two attached hydrogens (primary N) is 1. The summed E-state index contributed by atoms with van der Waals surface area (Å²) >= 11 is 0. The molecule has 0 radical (unpaired) electrons. The van der Waals surface area contributed by atoms with E-state index in [-0.39, 0.29) is 23.2 Å². The lowest BCUT2D eigenvalue weighted by atomic mass is 10.1. The van der Waals surface area contributed by atoms with Gasteiger partial charge in [0.2, 0.25) is 0 Å². The van der Waals surface area contributed by atoms with E-state index in [9.17, 15) is 9.59 Å². The molecule has 1 aromatic rings. The quantitative estimate of drug-likeness (QED) is 0.616. The predicted molar refractivity (Wildman–Crippen MR) is 80.2 cm³/mol. The van der Waals surface area contributed by atoms with Crippen LogP contribution in [0, 0.1) is 0 Å². The lowest BCUT2D eigenvalue weighted by Crippen LogP contribution is -2.40. The highest BCUT2D eigenvalue weighted by atomic mass is 16.5. The molecule has 2 atom stereocenters. The van der Waals surface area contributed by atoms with E-state index in [1.807, 2.05) is 13.8 Å². The van der Waals surface area contributed by atoms with Crippen molar-refractivity contribution in [2.45, 2.75) is 39.3 Å². The van der Waals surface area contributed by atoms with E-state index in [0.717, 1.165) is 6.42 Å². The van der Waals surface area contributed by atoms with Crippen LogP contribution in [0.5, 0.6) is 5.75 Å². The predicted octanol–water partition coefficient (Wildman–Crippen LogP) is 1.74. The monoisotopic (exact) mass is 294 g/mol. The first-order valence-electron chi connectivity index (χ1n) is 6.84. The summed E-state index contributed by atoms with van der Waals surface area (Å²) in [6.45, 7) is 5.35. The highest BCUT2D eigenvalue weighted by Gasteiger charge is 2.23. The molecular formula is C15H22N2O4. The zero-order chi connectivity index (χ0) is 16.0. The number of benzene rings is 1. The third kappa shape index (κ3) is 4.37. The van der Waals surface area contributed by atoms with E-state index in [1.54, 1.807) is 18.2 Å². The van der Waals surface area contributed by atoms with E-state index in [1.165, 1.54) is 14.0 Å². The van der Waals surface area contributed by atoms with Crippen LogP contribution in [0.4, 0.5) is 5.69 Å². The van der Waals surface area contributed by atoms with Crippen LogP contribution in [0.15, 0.2) is 18.2 Å². The van der Waals surface area contributed by atoms with E-state index in [4.69, 9.17) is 15.2 Å². The molecule has 3 N–H and O–H groups in total. The topological polar surface area (TPSA) is 90.7 Å². The van der Waals surface area contributed by atoms with Gasteiger partial charge in [0.05, 0.1) is 7.11 Å². The fourth-order valence-electron chi connectivity index (χ4n) is 1.67. The standard InChI is InChI=1S/C15H22N2O4/c1-5-9(2)17-14(18)10(3)21-15(19)13-11(16)7-6-8-12(13)20-4/h6-10H,5,16H2,1-4H3,(H,17,18). The first-order valence-corrected chi connectivity index (χ1v) is 6.84. The van der Waals surface area contributed by atoms with Crippen LogP contribution in [0.25, 0.3) is 0 Å². The van der Waals surface area contributed by atoms with Crippen LogP contribution >= 0.6 is 0 Å². The summed E-state index contributed by atoms with van der Waals surface area (Å²) in [4.78, 5) is 24.0. The summed E-state index contributed by atoms with van der Waals surface area (Å²) in [6.07, 6.45) is -0.109. The first kappa shape index (κ1) is 16.8. The summed E-state index contributed by atoms with van der Waals surface area (Å²) in [6, 6.07) is 4.87. The Morgan fingerprint density at radius 3 is 2.57 bits per heavy atom. The van der Waals surface area contributed by atoms with Gasteiger partial charge in [-0.1, -0.05) is 13.0 Å². The zero-order valence-corrected chi connectivity index (χ0v) is 12.8. The number of rotatable bonds is 6. The lowest BCUT2D eigenvalue weighted by molar-refractivity contribution is -0.129. The maximum absolute atomic E-state index is 12.2. The van der Waals surface area contributed by atoms with E-state index in [0.29, 0.717) is 5.75 Å². The van der Waals surface area contributed by atoms with Crippen molar-refractivity contribution in [1.82, 2.24) is 5.32 Å². The largest absolute Gasteiger partial charge is 0.496 e. The molecule has 116 valence electrons. The Balaban J connectivity index is 2.80. The number of anilines is 1. The van der Waals surface area contributed by atoms with Gasteiger partial charge in [-0.25, -0.2) is 4.79 Å². The molecule has 1 aromatic carbocycles. The van der Waals surface area contributed by atoms with Crippen LogP contribution in [0.1, 0.15) is 37.6 Å². The maximum atomic E-state index is 12.2. The molecule has 1 amide bonds. The number of nitrogens with one attached hydrogen (secondary N) is 1. The molecule has 0 saturated carbocycles.